The summed E-state index contributed by atoms with van der Waals surface area (Å²) in [6.07, 6.45) is 6.32. The van der Waals surface area contributed by atoms with Crippen LogP contribution in [0.5, 0.6) is 0 Å². The molecule has 2 aliphatic heterocycles. The van der Waals surface area contributed by atoms with Crippen LogP contribution in [-0.4, -0.2) is 56.6 Å². The first-order valence-corrected chi connectivity index (χ1v) is 7.65. The van der Waals surface area contributed by atoms with E-state index in [0.29, 0.717) is 5.65 Å². The molecule has 0 amide bonds. The Morgan fingerprint density at radius 2 is 1.90 bits per heavy atom. The van der Waals surface area contributed by atoms with E-state index >= 15 is 0 Å². The van der Waals surface area contributed by atoms with Crippen molar-refractivity contribution in [2.45, 2.75) is 25.7 Å². The zero-order valence-electron chi connectivity index (χ0n) is 12.0. The normalized spacial score (nSPS) is 18.9. The highest BCUT2D eigenvalue weighted by molar-refractivity contribution is 5.86. The van der Waals surface area contributed by atoms with Gasteiger partial charge in [-0.3, -0.25) is 9.48 Å². The van der Waals surface area contributed by atoms with Gasteiger partial charge in [0.25, 0.3) is 0 Å². The van der Waals surface area contributed by atoms with Crippen LogP contribution >= 0.6 is 0 Å². The molecule has 0 unspecified atom stereocenters. The van der Waals surface area contributed by atoms with Gasteiger partial charge in [0, 0.05) is 0 Å². The van der Waals surface area contributed by atoms with Gasteiger partial charge in [0.05, 0.1) is 32.4 Å². The molecule has 0 aromatic carbocycles. The largest absolute Gasteiger partial charge is 0.710 e. The molecule has 7 nitrogen and oxygen atoms in total. The molecule has 0 N–H and O–H groups in total. The van der Waals surface area contributed by atoms with Crippen molar-refractivity contribution in [1.82, 2.24) is 19.9 Å². The Bertz CT molecular complexity index is 693. The number of pyridine rings is 1. The Morgan fingerprint density at radius 3 is 2.67 bits per heavy atom. The lowest BCUT2D eigenvalue weighted by molar-refractivity contribution is -0.579. The number of fused-ring (bicyclic) bond motifs is 1. The summed E-state index contributed by atoms with van der Waals surface area (Å²) in [6, 6.07) is 3.66. The minimum atomic E-state index is 0.383. The van der Waals surface area contributed by atoms with Crippen molar-refractivity contribution in [1.29, 1.82) is 0 Å². The minimum Gasteiger partial charge on any atom is -0.710 e. The van der Waals surface area contributed by atoms with Crippen molar-refractivity contribution in [2.75, 3.05) is 26.2 Å². The molecule has 4 heterocycles. The summed E-state index contributed by atoms with van der Waals surface area (Å²) in [7, 11) is 0. The summed E-state index contributed by atoms with van der Waals surface area (Å²) in [4.78, 5) is 2.38. The standard InChI is InChI=1S/C14H19N6O/c21-19-11-5-6-12-13(19)15-16-20(12)14(17-7-1-2-8-17)18-9-3-4-10-18/h5-6,11H,1-4,7-10H2/q+1. The summed E-state index contributed by atoms with van der Waals surface area (Å²) in [5.41, 5.74) is 1.16. The average molecular weight is 287 g/mol. The van der Waals surface area contributed by atoms with Gasteiger partial charge in [-0.2, -0.15) is 0 Å². The van der Waals surface area contributed by atoms with Crippen molar-refractivity contribution in [2.24, 2.45) is 0 Å². The number of likely N-dealkylation sites (tertiary alicyclic amines) is 1. The summed E-state index contributed by atoms with van der Waals surface area (Å²) in [6.45, 7) is 4.21. The smallest absolute Gasteiger partial charge is 0.398 e. The van der Waals surface area contributed by atoms with Gasteiger partial charge in [-0.05, 0) is 37.8 Å². The zero-order chi connectivity index (χ0) is 14.2. The third-order valence-corrected chi connectivity index (χ3v) is 4.34. The summed E-state index contributed by atoms with van der Waals surface area (Å²) in [5.74, 6) is 1.10. The number of hydrogen-bond acceptors (Lipinski definition) is 3. The molecule has 0 saturated carbocycles. The maximum Gasteiger partial charge on any atom is 0.398 e. The lowest BCUT2D eigenvalue weighted by Gasteiger charge is -2.15. The minimum absolute atomic E-state index is 0.383. The van der Waals surface area contributed by atoms with E-state index < -0.39 is 0 Å². The number of aromatic nitrogens is 4. The van der Waals surface area contributed by atoms with Crippen molar-refractivity contribution in [3.63, 3.8) is 0 Å². The van der Waals surface area contributed by atoms with Crippen LogP contribution < -0.4 is 4.73 Å². The van der Waals surface area contributed by atoms with Gasteiger partial charge in [0.15, 0.2) is 0 Å². The van der Waals surface area contributed by atoms with Crippen molar-refractivity contribution < 1.29 is 9.31 Å². The first kappa shape index (κ1) is 12.6. The van der Waals surface area contributed by atoms with E-state index in [2.05, 4.69) is 19.8 Å². The highest BCUT2D eigenvalue weighted by Crippen LogP contribution is 2.15. The van der Waals surface area contributed by atoms with E-state index in [1.807, 2.05) is 10.7 Å². The lowest BCUT2D eigenvalue weighted by Crippen LogP contribution is -2.41. The van der Waals surface area contributed by atoms with Crippen LogP contribution in [0.1, 0.15) is 25.7 Å². The van der Waals surface area contributed by atoms with Gasteiger partial charge >= 0.3 is 11.6 Å². The molecule has 2 aromatic heterocycles. The Kier molecular flexibility index (Phi) is 2.98. The summed E-state index contributed by atoms with van der Waals surface area (Å²) >= 11 is 0. The monoisotopic (exact) mass is 287 g/mol. The Morgan fingerprint density at radius 1 is 1.14 bits per heavy atom. The third kappa shape index (κ3) is 2.03. The van der Waals surface area contributed by atoms with Crippen molar-refractivity contribution >= 4 is 17.1 Å². The molecule has 2 aromatic rings. The maximum atomic E-state index is 11.8. The van der Waals surface area contributed by atoms with Crippen LogP contribution in [0, 0.1) is 5.21 Å². The van der Waals surface area contributed by atoms with E-state index in [9.17, 15) is 5.21 Å². The van der Waals surface area contributed by atoms with Gasteiger partial charge in [0.1, 0.15) is 10.3 Å². The second-order valence-corrected chi connectivity index (χ2v) is 5.73. The van der Waals surface area contributed by atoms with Crippen LogP contribution in [0.15, 0.2) is 18.3 Å². The molecule has 0 radical (unpaired) electrons. The topological polar surface area (TPSA) is 63.9 Å². The molecule has 2 fully saturated rings. The first-order chi connectivity index (χ1) is 10.3. The second kappa shape index (κ2) is 4.98. The van der Waals surface area contributed by atoms with Crippen LogP contribution in [0.2, 0.25) is 0 Å². The van der Waals surface area contributed by atoms with Gasteiger partial charge < -0.3 is 5.21 Å². The van der Waals surface area contributed by atoms with Gasteiger partial charge in [-0.15, -0.1) is 0 Å². The number of hydrogen-bond donors (Lipinski definition) is 0. The Balaban J connectivity index is 1.89. The van der Waals surface area contributed by atoms with Gasteiger partial charge in [-0.1, -0.05) is 4.68 Å². The number of nitrogens with zero attached hydrogens (tertiary/aromatic N) is 6. The van der Waals surface area contributed by atoms with Gasteiger partial charge in [-0.25, -0.2) is 4.73 Å². The molecule has 110 valence electrons. The summed E-state index contributed by atoms with van der Waals surface area (Å²) < 4.78 is 5.01. The first-order valence-electron chi connectivity index (χ1n) is 7.65. The fourth-order valence-electron chi connectivity index (χ4n) is 3.32. The highest BCUT2D eigenvalue weighted by atomic mass is 16.5. The van der Waals surface area contributed by atoms with Gasteiger partial charge in [0.2, 0.25) is 5.52 Å². The predicted octanol–water partition coefficient (Wildman–Crippen LogP) is 0.171. The van der Waals surface area contributed by atoms with Crippen LogP contribution in [0.4, 0.5) is 0 Å². The van der Waals surface area contributed by atoms with E-state index in [1.165, 1.54) is 31.9 Å². The van der Waals surface area contributed by atoms with Crippen LogP contribution in [-0.2, 0) is 0 Å². The summed E-state index contributed by atoms with van der Waals surface area (Å²) in [5, 5.41) is 20.2. The van der Waals surface area contributed by atoms with Crippen molar-refractivity contribution in [3.8, 4) is 0 Å². The molecule has 0 bridgehead atoms. The Labute approximate surface area is 122 Å². The molecular weight excluding hydrogens is 268 g/mol. The average Bonchev–Trinajstić information content (AvgIpc) is 3.22. The number of rotatable bonds is 0. The van der Waals surface area contributed by atoms with E-state index in [-0.39, 0.29) is 0 Å². The molecule has 0 aliphatic carbocycles. The van der Waals surface area contributed by atoms with E-state index in [0.717, 1.165) is 42.4 Å². The van der Waals surface area contributed by atoms with E-state index in [1.54, 1.807) is 6.07 Å². The van der Waals surface area contributed by atoms with Crippen molar-refractivity contribution in [3.05, 3.63) is 23.5 Å². The molecule has 7 heteroatoms. The molecule has 0 spiro atoms. The third-order valence-electron chi connectivity index (χ3n) is 4.34. The molecular formula is C14H19N6O+. The maximum absolute atomic E-state index is 11.8. The molecule has 2 saturated heterocycles. The quantitative estimate of drug-likeness (QED) is 0.394. The molecule has 4 rings (SSSR count). The SMILES string of the molecule is [O-][n+]1cccc2c1nnn2C(N1CCCC1)=[N+]1CCCC1. The molecule has 21 heavy (non-hydrogen) atoms. The highest BCUT2D eigenvalue weighted by Gasteiger charge is 2.34. The zero-order valence-corrected chi connectivity index (χ0v) is 12.0. The van der Waals surface area contributed by atoms with Crippen LogP contribution in [0.25, 0.3) is 11.2 Å². The second-order valence-electron chi connectivity index (χ2n) is 5.73. The molecule has 0 atom stereocenters. The Hall–Kier alpha value is -2.18. The predicted molar refractivity (Wildman–Crippen MR) is 76.9 cm³/mol. The lowest BCUT2D eigenvalue weighted by atomic mass is 10.4. The fraction of sp³-hybridized carbons (Fsp3) is 0.571. The van der Waals surface area contributed by atoms with Crippen LogP contribution in [0.3, 0.4) is 0 Å². The van der Waals surface area contributed by atoms with E-state index in [4.69, 9.17) is 0 Å². The molecule has 2 aliphatic rings. The fourth-order valence-corrected chi connectivity index (χ4v) is 3.32.